The molecule has 1 aliphatic carbocycles. The molecule has 1 unspecified atom stereocenters. The first-order chi connectivity index (χ1) is 8.74. The SMILES string of the molecule is ClC(c1ccc(Br)cc1)C1Cc2ccccc2C1. The number of halogens is 2. The van der Waals surface area contributed by atoms with Crippen LogP contribution in [0, 0.1) is 5.92 Å². The van der Waals surface area contributed by atoms with E-state index in [4.69, 9.17) is 11.6 Å². The van der Waals surface area contributed by atoms with E-state index in [0.29, 0.717) is 5.92 Å². The lowest BCUT2D eigenvalue weighted by Crippen LogP contribution is -2.07. The van der Waals surface area contributed by atoms with E-state index < -0.39 is 0 Å². The van der Waals surface area contributed by atoms with Crippen LogP contribution in [0.2, 0.25) is 0 Å². The summed E-state index contributed by atoms with van der Waals surface area (Å²) in [6.45, 7) is 0. The van der Waals surface area contributed by atoms with E-state index in [1.165, 1.54) is 16.7 Å². The molecule has 0 saturated heterocycles. The van der Waals surface area contributed by atoms with Crippen LogP contribution in [-0.4, -0.2) is 0 Å². The third kappa shape index (κ3) is 2.34. The highest BCUT2D eigenvalue weighted by atomic mass is 79.9. The second kappa shape index (κ2) is 5.07. The Morgan fingerprint density at radius 1 is 0.944 bits per heavy atom. The Kier molecular flexibility index (Phi) is 3.45. The summed E-state index contributed by atoms with van der Waals surface area (Å²) in [5, 5.41) is 0.102. The van der Waals surface area contributed by atoms with Gasteiger partial charge in [-0.2, -0.15) is 0 Å². The van der Waals surface area contributed by atoms with Gasteiger partial charge in [0.05, 0.1) is 5.38 Å². The summed E-state index contributed by atoms with van der Waals surface area (Å²) in [5.74, 6) is 0.519. The van der Waals surface area contributed by atoms with Crippen LogP contribution in [0.5, 0.6) is 0 Å². The Bertz CT molecular complexity index is 522. The Morgan fingerprint density at radius 2 is 1.50 bits per heavy atom. The van der Waals surface area contributed by atoms with Crippen molar-refractivity contribution >= 4 is 27.5 Å². The monoisotopic (exact) mass is 320 g/mol. The fraction of sp³-hybridized carbons (Fsp3) is 0.250. The molecule has 0 aliphatic heterocycles. The number of hydrogen-bond donors (Lipinski definition) is 0. The van der Waals surface area contributed by atoms with Gasteiger partial charge < -0.3 is 0 Å². The first-order valence-electron chi connectivity index (χ1n) is 6.20. The minimum Gasteiger partial charge on any atom is -0.117 e. The lowest BCUT2D eigenvalue weighted by atomic mass is 9.96. The van der Waals surface area contributed by atoms with Crippen LogP contribution in [0.3, 0.4) is 0 Å². The molecule has 0 fully saturated rings. The van der Waals surface area contributed by atoms with E-state index in [1.54, 1.807) is 0 Å². The van der Waals surface area contributed by atoms with Crippen LogP contribution in [0.15, 0.2) is 53.0 Å². The van der Waals surface area contributed by atoms with Crippen molar-refractivity contribution in [3.05, 3.63) is 69.7 Å². The van der Waals surface area contributed by atoms with Crippen LogP contribution >= 0.6 is 27.5 Å². The molecule has 0 radical (unpaired) electrons. The highest BCUT2D eigenvalue weighted by molar-refractivity contribution is 9.10. The Hall–Kier alpha value is -0.790. The van der Waals surface area contributed by atoms with Gasteiger partial charge in [-0.3, -0.25) is 0 Å². The molecular formula is C16H14BrCl. The zero-order chi connectivity index (χ0) is 12.5. The second-order valence-corrected chi connectivity index (χ2v) is 6.28. The molecule has 1 atom stereocenters. The second-order valence-electron chi connectivity index (χ2n) is 4.89. The number of alkyl halides is 1. The van der Waals surface area contributed by atoms with E-state index in [1.807, 2.05) is 0 Å². The zero-order valence-electron chi connectivity index (χ0n) is 9.94. The first kappa shape index (κ1) is 12.3. The van der Waals surface area contributed by atoms with E-state index in [0.717, 1.165) is 17.3 Å². The van der Waals surface area contributed by atoms with Gasteiger partial charge >= 0.3 is 0 Å². The molecule has 92 valence electrons. The predicted octanol–water partition coefficient (Wildman–Crippen LogP) is 5.14. The minimum atomic E-state index is 0.102. The van der Waals surface area contributed by atoms with Crippen molar-refractivity contribution in [2.75, 3.05) is 0 Å². The highest BCUT2D eigenvalue weighted by Gasteiger charge is 2.28. The molecule has 0 saturated carbocycles. The highest BCUT2D eigenvalue weighted by Crippen LogP contribution is 2.39. The van der Waals surface area contributed by atoms with E-state index in [-0.39, 0.29) is 5.38 Å². The van der Waals surface area contributed by atoms with E-state index in [2.05, 4.69) is 64.5 Å². The molecule has 0 amide bonds. The van der Waals surface area contributed by atoms with Crippen molar-refractivity contribution < 1.29 is 0 Å². The summed E-state index contributed by atoms with van der Waals surface area (Å²) in [6, 6.07) is 17.0. The van der Waals surface area contributed by atoms with Gasteiger partial charge in [0.25, 0.3) is 0 Å². The van der Waals surface area contributed by atoms with Gasteiger partial charge in [-0.25, -0.2) is 0 Å². The Morgan fingerprint density at radius 3 is 2.06 bits per heavy atom. The number of rotatable bonds is 2. The predicted molar refractivity (Wildman–Crippen MR) is 80.1 cm³/mol. The molecular weight excluding hydrogens is 308 g/mol. The Balaban J connectivity index is 1.80. The summed E-state index contributed by atoms with van der Waals surface area (Å²) in [4.78, 5) is 0. The molecule has 1 aliphatic rings. The van der Waals surface area contributed by atoms with Gasteiger partial charge in [-0.05, 0) is 47.6 Å². The van der Waals surface area contributed by atoms with Gasteiger partial charge in [0.1, 0.15) is 0 Å². The molecule has 3 rings (SSSR count). The summed E-state index contributed by atoms with van der Waals surface area (Å²) in [7, 11) is 0. The number of benzene rings is 2. The van der Waals surface area contributed by atoms with Crippen LogP contribution in [-0.2, 0) is 12.8 Å². The quantitative estimate of drug-likeness (QED) is 0.672. The molecule has 2 aromatic carbocycles. The molecule has 2 aromatic rings. The van der Waals surface area contributed by atoms with Crippen molar-refractivity contribution in [2.45, 2.75) is 18.2 Å². The van der Waals surface area contributed by atoms with Gasteiger partial charge in [0, 0.05) is 4.47 Å². The molecule has 0 spiro atoms. The summed E-state index contributed by atoms with van der Waals surface area (Å²) in [6.07, 6.45) is 2.20. The normalized spacial score (nSPS) is 16.6. The molecule has 0 N–H and O–H groups in total. The van der Waals surface area contributed by atoms with Gasteiger partial charge in [-0.1, -0.05) is 52.3 Å². The smallest absolute Gasteiger partial charge is 0.0619 e. The summed E-state index contributed by atoms with van der Waals surface area (Å²) >= 11 is 10.1. The lowest BCUT2D eigenvalue weighted by molar-refractivity contribution is 0.541. The van der Waals surface area contributed by atoms with Crippen molar-refractivity contribution in [3.8, 4) is 0 Å². The minimum absolute atomic E-state index is 0.102. The van der Waals surface area contributed by atoms with Crippen LogP contribution in [0.1, 0.15) is 22.1 Å². The topological polar surface area (TPSA) is 0 Å². The zero-order valence-corrected chi connectivity index (χ0v) is 12.3. The van der Waals surface area contributed by atoms with Crippen molar-refractivity contribution in [1.29, 1.82) is 0 Å². The van der Waals surface area contributed by atoms with Crippen LogP contribution in [0.4, 0.5) is 0 Å². The fourth-order valence-corrected chi connectivity index (χ4v) is 3.31. The third-order valence-corrected chi connectivity index (χ3v) is 4.82. The fourth-order valence-electron chi connectivity index (χ4n) is 2.72. The van der Waals surface area contributed by atoms with Gasteiger partial charge in [0.2, 0.25) is 0 Å². The molecule has 0 heterocycles. The van der Waals surface area contributed by atoms with Gasteiger partial charge in [-0.15, -0.1) is 11.6 Å². The maximum Gasteiger partial charge on any atom is 0.0619 e. The lowest BCUT2D eigenvalue weighted by Gasteiger charge is -2.17. The van der Waals surface area contributed by atoms with Crippen molar-refractivity contribution in [3.63, 3.8) is 0 Å². The number of fused-ring (bicyclic) bond motifs is 1. The molecule has 0 bridgehead atoms. The molecule has 0 nitrogen and oxygen atoms in total. The maximum absolute atomic E-state index is 6.64. The summed E-state index contributed by atoms with van der Waals surface area (Å²) in [5.41, 5.74) is 4.15. The maximum atomic E-state index is 6.64. The van der Waals surface area contributed by atoms with Crippen LogP contribution < -0.4 is 0 Å². The third-order valence-electron chi connectivity index (χ3n) is 3.68. The first-order valence-corrected chi connectivity index (χ1v) is 7.43. The molecule has 2 heteroatoms. The standard InChI is InChI=1S/C16H14BrCl/c17-15-7-5-11(6-8-15)16(18)14-9-12-3-1-2-4-13(12)10-14/h1-8,14,16H,9-10H2. The summed E-state index contributed by atoms with van der Waals surface area (Å²) < 4.78 is 1.10. The van der Waals surface area contributed by atoms with E-state index >= 15 is 0 Å². The average molecular weight is 322 g/mol. The van der Waals surface area contributed by atoms with Crippen molar-refractivity contribution in [2.24, 2.45) is 5.92 Å². The largest absolute Gasteiger partial charge is 0.117 e. The Labute approximate surface area is 121 Å². The average Bonchev–Trinajstić information content (AvgIpc) is 2.82. The van der Waals surface area contributed by atoms with Crippen molar-refractivity contribution in [1.82, 2.24) is 0 Å². The molecule has 0 aromatic heterocycles. The van der Waals surface area contributed by atoms with Gasteiger partial charge in [0.15, 0.2) is 0 Å². The van der Waals surface area contributed by atoms with E-state index in [9.17, 15) is 0 Å². The van der Waals surface area contributed by atoms with Crippen LogP contribution in [0.25, 0.3) is 0 Å². The number of hydrogen-bond acceptors (Lipinski definition) is 0. The molecule has 18 heavy (non-hydrogen) atoms.